The Balaban J connectivity index is 1.88. The maximum absolute atomic E-state index is 13.2. The molecule has 2 aromatic rings. The van der Waals surface area contributed by atoms with Gasteiger partial charge in [0.05, 0.1) is 7.11 Å². The molecule has 0 atom stereocenters. The van der Waals surface area contributed by atoms with E-state index in [0.717, 1.165) is 11.3 Å². The average molecular weight is 352 g/mol. The molecule has 0 aliphatic carbocycles. The fraction of sp³-hybridized carbons (Fsp3) is 0.188. The van der Waals surface area contributed by atoms with Crippen LogP contribution in [0.1, 0.15) is 15.9 Å². The van der Waals surface area contributed by atoms with Gasteiger partial charge in [-0.2, -0.15) is 0 Å². The Hall–Kier alpha value is -1.88. The first-order chi connectivity index (χ1) is 10.1. The van der Waals surface area contributed by atoms with Gasteiger partial charge >= 0.3 is 0 Å². The molecule has 0 bridgehead atoms. The van der Waals surface area contributed by atoms with E-state index in [0.29, 0.717) is 23.0 Å². The number of amides is 1. The van der Waals surface area contributed by atoms with Gasteiger partial charge in [0.1, 0.15) is 11.6 Å². The highest BCUT2D eigenvalue weighted by Crippen LogP contribution is 2.15. The van der Waals surface area contributed by atoms with E-state index in [1.54, 1.807) is 13.2 Å². The van der Waals surface area contributed by atoms with E-state index < -0.39 is 5.82 Å². The highest BCUT2D eigenvalue weighted by atomic mass is 79.9. The van der Waals surface area contributed by atoms with Crippen LogP contribution < -0.4 is 10.1 Å². The van der Waals surface area contributed by atoms with Gasteiger partial charge in [0, 0.05) is 16.6 Å². The van der Waals surface area contributed by atoms with Crippen LogP contribution >= 0.6 is 15.9 Å². The minimum absolute atomic E-state index is 0.288. The number of benzene rings is 2. The lowest BCUT2D eigenvalue weighted by molar-refractivity contribution is 0.0953. The van der Waals surface area contributed by atoms with Gasteiger partial charge in [-0.15, -0.1) is 0 Å². The second-order valence-electron chi connectivity index (χ2n) is 4.51. The van der Waals surface area contributed by atoms with E-state index in [4.69, 9.17) is 4.74 Å². The van der Waals surface area contributed by atoms with Crippen molar-refractivity contribution in [2.45, 2.75) is 6.42 Å². The van der Waals surface area contributed by atoms with E-state index >= 15 is 0 Å². The molecule has 1 amide bonds. The van der Waals surface area contributed by atoms with Gasteiger partial charge in [0.15, 0.2) is 0 Å². The lowest BCUT2D eigenvalue weighted by Crippen LogP contribution is -2.25. The lowest BCUT2D eigenvalue weighted by atomic mass is 10.1. The summed E-state index contributed by atoms with van der Waals surface area (Å²) in [5.41, 5.74) is 1.40. The molecule has 0 radical (unpaired) electrons. The molecule has 0 aromatic heterocycles. The Labute approximate surface area is 131 Å². The third-order valence-corrected chi connectivity index (χ3v) is 3.44. The standard InChI is InChI=1S/C16H15BrFNO2/c1-21-15-4-2-11(3-5-15)6-7-19-16(20)12-8-13(17)10-14(18)9-12/h2-5,8-10H,6-7H2,1H3,(H,19,20). The van der Waals surface area contributed by atoms with E-state index in [1.807, 2.05) is 24.3 Å². The zero-order valence-corrected chi connectivity index (χ0v) is 13.1. The van der Waals surface area contributed by atoms with Crippen LogP contribution in [0.4, 0.5) is 4.39 Å². The summed E-state index contributed by atoms with van der Waals surface area (Å²) in [4.78, 5) is 11.9. The van der Waals surface area contributed by atoms with Crippen molar-refractivity contribution < 1.29 is 13.9 Å². The first-order valence-electron chi connectivity index (χ1n) is 6.45. The molecule has 21 heavy (non-hydrogen) atoms. The molecule has 5 heteroatoms. The number of carbonyl (C=O) groups excluding carboxylic acids is 1. The molecule has 0 spiro atoms. The molecule has 0 aliphatic rings. The summed E-state index contributed by atoms with van der Waals surface area (Å²) in [5.74, 6) is 0.0702. The third-order valence-electron chi connectivity index (χ3n) is 2.98. The van der Waals surface area contributed by atoms with Gasteiger partial charge in [-0.05, 0) is 42.3 Å². The first-order valence-corrected chi connectivity index (χ1v) is 7.25. The fourth-order valence-corrected chi connectivity index (χ4v) is 2.36. The highest BCUT2D eigenvalue weighted by molar-refractivity contribution is 9.10. The Morgan fingerprint density at radius 3 is 2.57 bits per heavy atom. The second-order valence-corrected chi connectivity index (χ2v) is 5.43. The van der Waals surface area contributed by atoms with E-state index in [1.165, 1.54) is 12.1 Å². The molecular weight excluding hydrogens is 337 g/mol. The van der Waals surface area contributed by atoms with Crippen LogP contribution in [-0.2, 0) is 6.42 Å². The predicted octanol–water partition coefficient (Wildman–Crippen LogP) is 3.57. The minimum atomic E-state index is -0.440. The number of carbonyl (C=O) groups is 1. The maximum Gasteiger partial charge on any atom is 0.251 e. The Morgan fingerprint density at radius 1 is 1.24 bits per heavy atom. The van der Waals surface area contributed by atoms with Crippen molar-refractivity contribution >= 4 is 21.8 Å². The van der Waals surface area contributed by atoms with Crippen molar-refractivity contribution in [1.82, 2.24) is 5.32 Å². The molecule has 2 aromatic carbocycles. The van der Waals surface area contributed by atoms with Crippen molar-refractivity contribution in [3.05, 3.63) is 63.9 Å². The molecule has 0 saturated carbocycles. The number of hydrogen-bond donors (Lipinski definition) is 1. The third kappa shape index (κ3) is 4.56. The molecule has 0 unspecified atom stereocenters. The highest BCUT2D eigenvalue weighted by Gasteiger charge is 2.07. The number of halogens is 2. The molecule has 0 aliphatic heterocycles. The van der Waals surface area contributed by atoms with Gasteiger partial charge in [-0.25, -0.2) is 4.39 Å². The molecule has 0 saturated heterocycles. The van der Waals surface area contributed by atoms with Crippen molar-refractivity contribution in [1.29, 1.82) is 0 Å². The largest absolute Gasteiger partial charge is 0.497 e. The van der Waals surface area contributed by atoms with Crippen molar-refractivity contribution in [2.75, 3.05) is 13.7 Å². The van der Waals surface area contributed by atoms with Gasteiger partial charge in [-0.3, -0.25) is 4.79 Å². The van der Waals surface area contributed by atoms with Crippen LogP contribution in [0, 0.1) is 5.82 Å². The summed E-state index contributed by atoms with van der Waals surface area (Å²) in [5, 5.41) is 2.77. The van der Waals surface area contributed by atoms with E-state index in [9.17, 15) is 9.18 Å². The van der Waals surface area contributed by atoms with Gasteiger partial charge < -0.3 is 10.1 Å². The smallest absolute Gasteiger partial charge is 0.251 e. The number of methoxy groups -OCH3 is 1. The Kier molecular flexibility index (Phi) is 5.33. The first kappa shape index (κ1) is 15.5. The average Bonchev–Trinajstić information content (AvgIpc) is 2.47. The molecule has 0 fully saturated rings. The lowest BCUT2D eigenvalue weighted by Gasteiger charge is -2.07. The zero-order valence-electron chi connectivity index (χ0n) is 11.5. The monoisotopic (exact) mass is 351 g/mol. The number of ether oxygens (including phenoxy) is 1. The zero-order chi connectivity index (χ0) is 15.2. The van der Waals surface area contributed by atoms with Crippen molar-refractivity contribution in [2.24, 2.45) is 0 Å². The van der Waals surface area contributed by atoms with Gasteiger partial charge in [0.25, 0.3) is 5.91 Å². The van der Waals surface area contributed by atoms with Crippen LogP contribution in [0.15, 0.2) is 46.9 Å². The summed E-state index contributed by atoms with van der Waals surface area (Å²) in [7, 11) is 1.62. The normalized spacial score (nSPS) is 10.2. The van der Waals surface area contributed by atoms with Crippen LogP contribution in [0.5, 0.6) is 5.75 Å². The molecular formula is C16H15BrFNO2. The van der Waals surface area contributed by atoms with E-state index in [2.05, 4.69) is 21.2 Å². The second kappa shape index (κ2) is 7.22. The summed E-state index contributed by atoms with van der Waals surface area (Å²) in [6, 6.07) is 11.8. The molecule has 110 valence electrons. The molecule has 2 rings (SSSR count). The predicted molar refractivity (Wildman–Crippen MR) is 83.1 cm³/mol. The van der Waals surface area contributed by atoms with Gasteiger partial charge in [0.2, 0.25) is 0 Å². The SMILES string of the molecule is COc1ccc(CCNC(=O)c2cc(F)cc(Br)c2)cc1. The summed E-state index contributed by atoms with van der Waals surface area (Å²) < 4.78 is 18.9. The summed E-state index contributed by atoms with van der Waals surface area (Å²) in [6.07, 6.45) is 0.701. The van der Waals surface area contributed by atoms with Crippen LogP contribution in [-0.4, -0.2) is 19.6 Å². The summed E-state index contributed by atoms with van der Waals surface area (Å²) >= 11 is 3.17. The maximum atomic E-state index is 13.2. The molecule has 0 heterocycles. The van der Waals surface area contributed by atoms with Crippen LogP contribution in [0.25, 0.3) is 0 Å². The van der Waals surface area contributed by atoms with E-state index in [-0.39, 0.29) is 5.91 Å². The van der Waals surface area contributed by atoms with Crippen LogP contribution in [0.3, 0.4) is 0 Å². The van der Waals surface area contributed by atoms with Crippen molar-refractivity contribution in [3.63, 3.8) is 0 Å². The number of nitrogens with one attached hydrogen (secondary N) is 1. The topological polar surface area (TPSA) is 38.3 Å². The summed E-state index contributed by atoms with van der Waals surface area (Å²) in [6.45, 7) is 0.485. The van der Waals surface area contributed by atoms with Crippen molar-refractivity contribution in [3.8, 4) is 5.75 Å². The molecule has 1 N–H and O–H groups in total. The van der Waals surface area contributed by atoms with Crippen LogP contribution in [0.2, 0.25) is 0 Å². The quantitative estimate of drug-likeness (QED) is 0.894. The number of hydrogen-bond acceptors (Lipinski definition) is 2. The number of rotatable bonds is 5. The van der Waals surface area contributed by atoms with Gasteiger partial charge in [-0.1, -0.05) is 28.1 Å². The molecule has 3 nitrogen and oxygen atoms in total. The fourth-order valence-electron chi connectivity index (χ4n) is 1.90. The Bertz CT molecular complexity index is 608. The Morgan fingerprint density at radius 2 is 1.95 bits per heavy atom. The minimum Gasteiger partial charge on any atom is -0.497 e.